The Morgan fingerprint density at radius 1 is 1.27 bits per heavy atom. The molecule has 1 aromatic carbocycles. The van der Waals surface area contributed by atoms with Crippen LogP contribution in [0.1, 0.15) is 11.7 Å². The first kappa shape index (κ1) is 10.2. The topological polar surface area (TPSA) is 84.9 Å². The van der Waals surface area contributed by atoms with Gasteiger partial charge in [-0.2, -0.15) is 0 Å². The minimum absolute atomic E-state index is 0.00953. The molecule has 1 aromatic rings. The second-order valence-corrected chi connectivity index (χ2v) is 3.36. The van der Waals surface area contributed by atoms with Crippen molar-refractivity contribution >= 4 is 0 Å². The van der Waals surface area contributed by atoms with Gasteiger partial charge in [0.1, 0.15) is 6.10 Å². The van der Waals surface area contributed by atoms with Crippen molar-refractivity contribution in [2.75, 3.05) is 13.3 Å². The van der Waals surface area contributed by atoms with E-state index in [4.69, 9.17) is 15.2 Å². The Balaban J connectivity index is 2.22. The smallest absolute Gasteiger partial charge is 0.231 e. The van der Waals surface area contributed by atoms with Gasteiger partial charge in [-0.15, -0.1) is 0 Å². The van der Waals surface area contributed by atoms with Crippen LogP contribution in [0.4, 0.5) is 0 Å². The van der Waals surface area contributed by atoms with E-state index in [1.807, 2.05) is 0 Å². The quantitative estimate of drug-likeness (QED) is 0.643. The Morgan fingerprint density at radius 2 is 2.00 bits per heavy atom. The van der Waals surface area contributed by atoms with Crippen molar-refractivity contribution in [2.24, 2.45) is 5.73 Å². The summed E-state index contributed by atoms with van der Waals surface area (Å²) in [6, 6.07) is 5.02. The molecule has 0 fully saturated rings. The van der Waals surface area contributed by atoms with Crippen molar-refractivity contribution in [2.45, 2.75) is 12.2 Å². The van der Waals surface area contributed by atoms with Gasteiger partial charge in [0.25, 0.3) is 0 Å². The summed E-state index contributed by atoms with van der Waals surface area (Å²) in [6.07, 6.45) is -1.96. The molecule has 1 heterocycles. The fourth-order valence-corrected chi connectivity index (χ4v) is 1.45. The van der Waals surface area contributed by atoms with Crippen LogP contribution in [0.15, 0.2) is 18.2 Å². The molecule has 1 aliphatic heterocycles. The minimum atomic E-state index is -0.996. The van der Waals surface area contributed by atoms with Crippen molar-refractivity contribution in [3.8, 4) is 11.5 Å². The summed E-state index contributed by atoms with van der Waals surface area (Å²) in [5.41, 5.74) is 5.82. The van der Waals surface area contributed by atoms with Gasteiger partial charge in [-0.05, 0) is 17.7 Å². The van der Waals surface area contributed by atoms with E-state index in [1.165, 1.54) is 0 Å². The number of benzene rings is 1. The lowest BCUT2D eigenvalue weighted by Gasteiger charge is -2.16. The zero-order valence-electron chi connectivity index (χ0n) is 8.09. The number of hydrogen-bond donors (Lipinski definition) is 3. The lowest BCUT2D eigenvalue weighted by Crippen LogP contribution is -2.27. The Morgan fingerprint density at radius 3 is 2.73 bits per heavy atom. The molecule has 0 aliphatic carbocycles. The number of nitrogens with two attached hydrogens (primary N) is 1. The molecule has 0 saturated carbocycles. The van der Waals surface area contributed by atoms with Gasteiger partial charge in [0.2, 0.25) is 6.79 Å². The number of rotatable bonds is 3. The molecule has 2 rings (SSSR count). The van der Waals surface area contributed by atoms with Gasteiger partial charge < -0.3 is 25.4 Å². The summed E-state index contributed by atoms with van der Waals surface area (Å²) < 4.78 is 10.3. The molecule has 4 N–H and O–H groups in total. The molecule has 2 atom stereocenters. The first-order chi connectivity index (χ1) is 7.22. The summed E-state index contributed by atoms with van der Waals surface area (Å²) in [5.74, 6) is 1.23. The second kappa shape index (κ2) is 4.06. The fourth-order valence-electron chi connectivity index (χ4n) is 1.45. The molecule has 5 nitrogen and oxygen atoms in total. The van der Waals surface area contributed by atoms with E-state index in [9.17, 15) is 10.2 Å². The Labute approximate surface area is 87.0 Å². The maximum Gasteiger partial charge on any atom is 0.231 e. The standard InChI is InChI=1S/C10H13NO4/c11-4-7(12)10(13)6-1-2-8-9(3-6)15-5-14-8/h1-3,7,10,12-13H,4-5,11H2. The van der Waals surface area contributed by atoms with Crippen LogP contribution in [-0.4, -0.2) is 29.7 Å². The van der Waals surface area contributed by atoms with Gasteiger partial charge >= 0.3 is 0 Å². The predicted octanol–water partition coefficient (Wildman–Crippen LogP) is -0.232. The zero-order valence-corrected chi connectivity index (χ0v) is 8.09. The van der Waals surface area contributed by atoms with E-state index in [1.54, 1.807) is 18.2 Å². The summed E-state index contributed by atoms with van der Waals surface area (Å²) in [4.78, 5) is 0. The van der Waals surface area contributed by atoms with Gasteiger partial charge in [0.05, 0.1) is 6.10 Å². The third kappa shape index (κ3) is 1.90. The van der Waals surface area contributed by atoms with Crippen molar-refractivity contribution < 1.29 is 19.7 Å². The van der Waals surface area contributed by atoms with Gasteiger partial charge in [0.15, 0.2) is 11.5 Å². The predicted molar refractivity (Wildman–Crippen MR) is 52.6 cm³/mol. The van der Waals surface area contributed by atoms with Crippen LogP contribution in [-0.2, 0) is 0 Å². The summed E-state index contributed by atoms with van der Waals surface area (Å²) in [7, 11) is 0. The first-order valence-corrected chi connectivity index (χ1v) is 4.68. The lowest BCUT2D eigenvalue weighted by atomic mass is 10.0. The molecular formula is C10H13NO4. The Hall–Kier alpha value is -1.30. The lowest BCUT2D eigenvalue weighted by molar-refractivity contribution is 0.0242. The van der Waals surface area contributed by atoms with Gasteiger partial charge in [-0.25, -0.2) is 0 Å². The summed E-state index contributed by atoms with van der Waals surface area (Å²) >= 11 is 0. The number of ether oxygens (including phenoxy) is 2. The highest BCUT2D eigenvalue weighted by atomic mass is 16.7. The maximum atomic E-state index is 9.69. The minimum Gasteiger partial charge on any atom is -0.454 e. The molecule has 2 unspecified atom stereocenters. The van der Waals surface area contributed by atoms with Crippen molar-refractivity contribution in [1.82, 2.24) is 0 Å². The molecular weight excluding hydrogens is 198 g/mol. The number of fused-ring (bicyclic) bond motifs is 1. The highest BCUT2D eigenvalue weighted by Crippen LogP contribution is 2.34. The van der Waals surface area contributed by atoms with Gasteiger partial charge in [-0.1, -0.05) is 6.07 Å². The van der Waals surface area contributed by atoms with Crippen LogP contribution in [0.2, 0.25) is 0 Å². The largest absolute Gasteiger partial charge is 0.454 e. The fraction of sp³-hybridized carbons (Fsp3) is 0.400. The Bertz CT molecular complexity index is 355. The highest BCUT2D eigenvalue weighted by molar-refractivity contribution is 5.45. The number of hydrogen-bond acceptors (Lipinski definition) is 5. The first-order valence-electron chi connectivity index (χ1n) is 4.68. The third-order valence-electron chi connectivity index (χ3n) is 2.34. The average molecular weight is 211 g/mol. The van der Waals surface area contributed by atoms with Crippen LogP contribution in [0, 0.1) is 0 Å². The van der Waals surface area contributed by atoms with Crippen LogP contribution in [0.5, 0.6) is 11.5 Å². The van der Waals surface area contributed by atoms with Crippen LogP contribution in [0.25, 0.3) is 0 Å². The SMILES string of the molecule is NCC(O)C(O)c1ccc2c(c1)OCO2. The van der Waals surface area contributed by atoms with E-state index in [-0.39, 0.29) is 13.3 Å². The van der Waals surface area contributed by atoms with Crippen LogP contribution in [0.3, 0.4) is 0 Å². The third-order valence-corrected chi connectivity index (χ3v) is 2.34. The van der Waals surface area contributed by atoms with E-state index >= 15 is 0 Å². The van der Waals surface area contributed by atoms with Crippen molar-refractivity contribution in [3.05, 3.63) is 23.8 Å². The Kier molecular flexibility index (Phi) is 2.77. The molecule has 0 bridgehead atoms. The summed E-state index contributed by atoms with van der Waals surface area (Å²) in [6.45, 7) is 0.198. The van der Waals surface area contributed by atoms with Crippen LogP contribution < -0.4 is 15.2 Å². The van der Waals surface area contributed by atoms with Gasteiger partial charge in [-0.3, -0.25) is 0 Å². The molecule has 0 amide bonds. The van der Waals surface area contributed by atoms with Crippen molar-refractivity contribution in [3.63, 3.8) is 0 Å². The molecule has 0 saturated heterocycles. The average Bonchev–Trinajstić information content (AvgIpc) is 2.73. The molecule has 82 valence electrons. The van der Waals surface area contributed by atoms with Crippen molar-refractivity contribution in [1.29, 1.82) is 0 Å². The van der Waals surface area contributed by atoms with E-state index in [0.29, 0.717) is 17.1 Å². The molecule has 1 aliphatic rings. The van der Waals surface area contributed by atoms with E-state index in [2.05, 4.69) is 0 Å². The molecule has 15 heavy (non-hydrogen) atoms. The molecule has 0 aromatic heterocycles. The molecule has 5 heteroatoms. The normalized spacial score (nSPS) is 17.5. The molecule has 0 spiro atoms. The highest BCUT2D eigenvalue weighted by Gasteiger charge is 2.20. The number of aliphatic hydroxyl groups excluding tert-OH is 2. The monoisotopic (exact) mass is 211 g/mol. The molecule has 0 radical (unpaired) electrons. The number of aliphatic hydroxyl groups is 2. The zero-order chi connectivity index (χ0) is 10.8. The van der Waals surface area contributed by atoms with E-state index < -0.39 is 12.2 Å². The van der Waals surface area contributed by atoms with Crippen LogP contribution >= 0.6 is 0 Å². The summed E-state index contributed by atoms with van der Waals surface area (Å²) in [5, 5.41) is 19.1. The van der Waals surface area contributed by atoms with Gasteiger partial charge in [0, 0.05) is 6.54 Å². The maximum absolute atomic E-state index is 9.69. The second-order valence-electron chi connectivity index (χ2n) is 3.36. The van der Waals surface area contributed by atoms with E-state index in [0.717, 1.165) is 0 Å².